The normalized spacial score (nSPS) is 20.9. The van der Waals surface area contributed by atoms with Crippen LogP contribution in [0.4, 0.5) is 9.18 Å². The summed E-state index contributed by atoms with van der Waals surface area (Å²) in [5.74, 6) is -0.360. The second-order valence-corrected chi connectivity index (χ2v) is 8.06. The highest BCUT2D eigenvalue weighted by atomic mass is 79.9. The third-order valence-electron chi connectivity index (χ3n) is 5.05. The molecule has 0 spiro atoms. The van der Waals surface area contributed by atoms with Crippen LogP contribution in [0.25, 0.3) is 0 Å². The fourth-order valence-electron chi connectivity index (χ4n) is 3.67. The van der Waals surface area contributed by atoms with Crippen LogP contribution in [0.3, 0.4) is 0 Å². The van der Waals surface area contributed by atoms with Crippen molar-refractivity contribution >= 4 is 22.0 Å². The van der Waals surface area contributed by atoms with E-state index in [0.717, 1.165) is 15.6 Å². The molecule has 1 amide bonds. The molecule has 142 valence electrons. The first-order valence-corrected chi connectivity index (χ1v) is 9.76. The molecule has 5 heteroatoms. The van der Waals surface area contributed by atoms with Gasteiger partial charge in [0.2, 0.25) is 0 Å². The first kappa shape index (κ1) is 19.6. The van der Waals surface area contributed by atoms with Gasteiger partial charge in [0, 0.05) is 29.4 Å². The van der Waals surface area contributed by atoms with Gasteiger partial charge in [0.15, 0.2) is 0 Å². The number of carbonyl (C=O) groups is 1. The molecule has 27 heavy (non-hydrogen) atoms. The molecule has 0 N–H and O–H groups in total. The zero-order chi connectivity index (χ0) is 19.6. The molecule has 1 heterocycles. The van der Waals surface area contributed by atoms with Crippen LogP contribution in [0, 0.1) is 5.82 Å². The van der Waals surface area contributed by atoms with Crippen molar-refractivity contribution in [1.29, 1.82) is 0 Å². The van der Waals surface area contributed by atoms with E-state index in [1.54, 1.807) is 23.1 Å². The van der Waals surface area contributed by atoms with E-state index in [9.17, 15) is 9.18 Å². The number of hydrogen-bond acceptors (Lipinski definition) is 2. The van der Waals surface area contributed by atoms with Gasteiger partial charge in [0.25, 0.3) is 0 Å². The summed E-state index contributed by atoms with van der Waals surface area (Å²) in [5, 5.41) is 0. The standard InChI is InChI=1S/C22H23BrFNO2/c1-15(2)14-22(19-6-4-5-7-20(19)24)12-13-25(21(26)27-22)16(3)17-8-10-18(23)11-9-17/h4-11,16H,1,12-14H2,2-3H3/t16-,22?/m0/s1. The van der Waals surface area contributed by atoms with Crippen LogP contribution in [0.15, 0.2) is 65.2 Å². The molecule has 1 fully saturated rings. The molecule has 0 aliphatic carbocycles. The Bertz CT molecular complexity index is 852. The molecule has 2 atom stereocenters. The molecule has 0 radical (unpaired) electrons. The highest BCUT2D eigenvalue weighted by molar-refractivity contribution is 9.10. The van der Waals surface area contributed by atoms with Crippen LogP contribution in [-0.4, -0.2) is 17.5 Å². The molecule has 2 aromatic rings. The molecule has 0 bridgehead atoms. The Balaban J connectivity index is 1.88. The Morgan fingerprint density at radius 2 is 1.96 bits per heavy atom. The summed E-state index contributed by atoms with van der Waals surface area (Å²) in [5.41, 5.74) is 1.27. The Kier molecular flexibility index (Phi) is 5.70. The maximum Gasteiger partial charge on any atom is 0.411 e. The second kappa shape index (κ2) is 7.85. The highest BCUT2D eigenvalue weighted by Gasteiger charge is 2.44. The number of hydrogen-bond donors (Lipinski definition) is 0. The molecule has 1 aliphatic heterocycles. The summed E-state index contributed by atoms with van der Waals surface area (Å²) in [6.45, 7) is 8.28. The van der Waals surface area contributed by atoms with E-state index >= 15 is 0 Å². The Labute approximate surface area is 168 Å². The van der Waals surface area contributed by atoms with Gasteiger partial charge in [-0.2, -0.15) is 0 Å². The molecule has 1 unspecified atom stereocenters. The lowest BCUT2D eigenvalue weighted by Crippen LogP contribution is -2.49. The monoisotopic (exact) mass is 431 g/mol. The van der Waals surface area contributed by atoms with Gasteiger partial charge in [-0.15, -0.1) is 0 Å². The maximum atomic E-state index is 14.5. The fourth-order valence-corrected chi connectivity index (χ4v) is 3.93. The molecule has 3 rings (SSSR count). The number of rotatable bonds is 5. The molecule has 1 saturated heterocycles. The quantitative estimate of drug-likeness (QED) is 0.515. The van der Waals surface area contributed by atoms with Crippen molar-refractivity contribution in [3.63, 3.8) is 0 Å². The molecule has 1 aliphatic rings. The number of benzene rings is 2. The minimum atomic E-state index is -1.01. The van der Waals surface area contributed by atoms with Gasteiger partial charge in [0.1, 0.15) is 11.4 Å². The summed E-state index contributed by atoms with van der Waals surface area (Å²) in [7, 11) is 0. The van der Waals surface area contributed by atoms with Gasteiger partial charge in [-0.1, -0.05) is 58.4 Å². The largest absolute Gasteiger partial charge is 0.437 e. The molecule has 3 nitrogen and oxygen atoms in total. The molecular formula is C22H23BrFNO2. The smallest absolute Gasteiger partial charge is 0.411 e. The van der Waals surface area contributed by atoms with E-state index in [1.165, 1.54) is 6.07 Å². The van der Waals surface area contributed by atoms with E-state index < -0.39 is 11.7 Å². The molecular weight excluding hydrogens is 409 g/mol. The van der Waals surface area contributed by atoms with Crippen molar-refractivity contribution in [2.45, 2.75) is 38.3 Å². The van der Waals surface area contributed by atoms with E-state index in [0.29, 0.717) is 24.9 Å². The summed E-state index contributed by atoms with van der Waals surface area (Å²) < 4.78 is 21.4. The topological polar surface area (TPSA) is 29.5 Å². The number of ether oxygens (including phenoxy) is 1. The van der Waals surface area contributed by atoms with Gasteiger partial charge in [-0.3, -0.25) is 0 Å². The van der Waals surface area contributed by atoms with Crippen molar-refractivity contribution in [1.82, 2.24) is 4.90 Å². The zero-order valence-electron chi connectivity index (χ0n) is 15.5. The number of nitrogens with zero attached hydrogens (tertiary/aromatic N) is 1. The van der Waals surface area contributed by atoms with Gasteiger partial charge in [0.05, 0.1) is 6.04 Å². The van der Waals surface area contributed by atoms with Crippen LogP contribution < -0.4 is 0 Å². The first-order valence-electron chi connectivity index (χ1n) is 8.97. The van der Waals surface area contributed by atoms with Gasteiger partial charge in [-0.25, -0.2) is 9.18 Å². The minimum absolute atomic E-state index is 0.131. The Morgan fingerprint density at radius 3 is 2.56 bits per heavy atom. The average Bonchev–Trinajstić information content (AvgIpc) is 2.61. The van der Waals surface area contributed by atoms with Crippen LogP contribution in [0.5, 0.6) is 0 Å². The average molecular weight is 432 g/mol. The Hall–Kier alpha value is -2.14. The lowest BCUT2D eigenvalue weighted by molar-refractivity contribution is -0.0620. The summed E-state index contributed by atoms with van der Waals surface area (Å²) in [6, 6.07) is 14.2. The zero-order valence-corrected chi connectivity index (χ0v) is 17.1. The van der Waals surface area contributed by atoms with Gasteiger partial charge in [-0.05, 0) is 37.6 Å². The van der Waals surface area contributed by atoms with E-state index in [-0.39, 0.29) is 11.9 Å². The van der Waals surface area contributed by atoms with Crippen molar-refractivity contribution in [2.75, 3.05) is 6.54 Å². The first-order chi connectivity index (χ1) is 12.8. The predicted octanol–water partition coefficient (Wildman–Crippen LogP) is 6.35. The predicted molar refractivity (Wildman–Crippen MR) is 108 cm³/mol. The van der Waals surface area contributed by atoms with Crippen molar-refractivity contribution in [3.05, 3.63) is 82.1 Å². The molecule has 0 aromatic heterocycles. The van der Waals surface area contributed by atoms with Crippen molar-refractivity contribution in [3.8, 4) is 0 Å². The number of carbonyl (C=O) groups excluding carboxylic acids is 1. The highest BCUT2D eigenvalue weighted by Crippen LogP contribution is 2.42. The van der Waals surface area contributed by atoms with Crippen molar-refractivity contribution in [2.24, 2.45) is 0 Å². The summed E-state index contributed by atoms with van der Waals surface area (Å²) >= 11 is 3.42. The lowest BCUT2D eigenvalue weighted by atomic mass is 9.83. The van der Waals surface area contributed by atoms with Crippen LogP contribution >= 0.6 is 15.9 Å². The maximum absolute atomic E-state index is 14.5. The molecule has 0 saturated carbocycles. The lowest BCUT2D eigenvalue weighted by Gasteiger charge is -2.43. The number of amides is 1. The number of cyclic esters (lactones) is 1. The van der Waals surface area contributed by atoms with Crippen molar-refractivity contribution < 1.29 is 13.9 Å². The summed E-state index contributed by atoms with van der Waals surface area (Å²) in [4.78, 5) is 14.6. The SMILES string of the molecule is C=C(C)CC1(c2ccccc2F)CCN([C@@H](C)c2ccc(Br)cc2)C(=O)O1. The Morgan fingerprint density at radius 1 is 1.30 bits per heavy atom. The third kappa shape index (κ3) is 4.08. The van der Waals surface area contributed by atoms with E-state index in [2.05, 4.69) is 22.5 Å². The van der Waals surface area contributed by atoms with Gasteiger partial charge >= 0.3 is 6.09 Å². The second-order valence-electron chi connectivity index (χ2n) is 7.15. The minimum Gasteiger partial charge on any atom is -0.437 e. The summed E-state index contributed by atoms with van der Waals surface area (Å²) in [6.07, 6.45) is 0.481. The number of halogens is 2. The van der Waals surface area contributed by atoms with Gasteiger partial charge < -0.3 is 9.64 Å². The van der Waals surface area contributed by atoms with E-state index in [1.807, 2.05) is 38.1 Å². The van der Waals surface area contributed by atoms with Crippen LogP contribution in [0.1, 0.15) is 43.9 Å². The fraction of sp³-hybridized carbons (Fsp3) is 0.318. The van der Waals surface area contributed by atoms with Crippen LogP contribution in [0.2, 0.25) is 0 Å². The molecule has 2 aromatic carbocycles. The van der Waals surface area contributed by atoms with E-state index in [4.69, 9.17) is 4.74 Å². The third-order valence-corrected chi connectivity index (χ3v) is 5.57. The van der Waals surface area contributed by atoms with Crippen LogP contribution in [-0.2, 0) is 10.3 Å².